The Morgan fingerprint density at radius 1 is 1.00 bits per heavy atom. The molecule has 0 aliphatic carbocycles. The molecule has 7 heteroatoms. The molecule has 0 fully saturated rings. The first-order valence-corrected chi connectivity index (χ1v) is 7.18. The van der Waals surface area contributed by atoms with E-state index in [-0.39, 0.29) is 18.3 Å². The van der Waals surface area contributed by atoms with Gasteiger partial charge in [-0.05, 0) is 43.3 Å². The normalized spacial score (nSPS) is 13.7. The summed E-state index contributed by atoms with van der Waals surface area (Å²) >= 11 is 0. The molecule has 0 spiro atoms. The monoisotopic (exact) mass is 336 g/mol. The molecule has 5 nitrogen and oxygen atoms in total. The molecule has 0 bridgehead atoms. The largest absolute Gasteiger partial charge is 0.482 e. The van der Waals surface area contributed by atoms with Crippen molar-refractivity contribution in [2.24, 2.45) is 0 Å². The maximum absolute atomic E-state index is 12.3. The average Bonchev–Trinajstić information content (AvgIpc) is 3.02. The molecule has 0 saturated heterocycles. The highest BCUT2D eigenvalue weighted by atomic mass is 19.3. The van der Waals surface area contributed by atoms with Gasteiger partial charge in [-0.25, -0.2) is 0 Å². The zero-order valence-electron chi connectivity index (χ0n) is 12.7. The third-order valence-corrected chi connectivity index (χ3v) is 3.39. The zero-order valence-corrected chi connectivity index (χ0v) is 12.7. The van der Waals surface area contributed by atoms with E-state index in [4.69, 9.17) is 14.2 Å². The summed E-state index contributed by atoms with van der Waals surface area (Å²) in [5.74, 6) is 1.36. The van der Waals surface area contributed by atoms with E-state index >= 15 is 0 Å². The van der Waals surface area contributed by atoms with Crippen molar-refractivity contribution in [2.75, 3.05) is 6.79 Å². The van der Waals surface area contributed by atoms with Crippen molar-refractivity contribution < 1.29 is 32.5 Å². The van der Waals surface area contributed by atoms with E-state index in [1.165, 1.54) is 24.3 Å². The van der Waals surface area contributed by atoms with Crippen molar-refractivity contribution in [3.05, 3.63) is 48.0 Å². The Labute approximate surface area is 136 Å². The van der Waals surface area contributed by atoms with Crippen LogP contribution in [0.3, 0.4) is 0 Å². The second-order valence-electron chi connectivity index (χ2n) is 5.04. The molecule has 3 rings (SSSR count). The summed E-state index contributed by atoms with van der Waals surface area (Å²) in [6, 6.07) is 10.5. The van der Waals surface area contributed by atoms with Gasteiger partial charge in [0.2, 0.25) is 12.6 Å². The summed E-state index contributed by atoms with van der Waals surface area (Å²) in [4.78, 5) is 12.3. The molecular formula is C17H14F2O5. The van der Waals surface area contributed by atoms with Crippen LogP contribution in [0, 0.1) is 0 Å². The van der Waals surface area contributed by atoms with E-state index < -0.39 is 12.7 Å². The van der Waals surface area contributed by atoms with Crippen LogP contribution in [0.2, 0.25) is 0 Å². The number of Topliss-reactive ketones (excluding diaryl/α,β-unsaturated/α-hetero) is 1. The summed E-state index contributed by atoms with van der Waals surface area (Å²) in [5.41, 5.74) is 0.338. The Kier molecular flexibility index (Phi) is 4.50. The highest BCUT2D eigenvalue weighted by Crippen LogP contribution is 2.35. The van der Waals surface area contributed by atoms with Crippen molar-refractivity contribution >= 4 is 5.78 Å². The molecule has 1 atom stereocenters. The molecule has 24 heavy (non-hydrogen) atoms. The third-order valence-electron chi connectivity index (χ3n) is 3.39. The van der Waals surface area contributed by atoms with Gasteiger partial charge in [-0.3, -0.25) is 4.79 Å². The number of ether oxygens (including phenoxy) is 4. The lowest BCUT2D eigenvalue weighted by molar-refractivity contribution is -0.0498. The first-order chi connectivity index (χ1) is 11.5. The topological polar surface area (TPSA) is 54.0 Å². The van der Waals surface area contributed by atoms with Gasteiger partial charge >= 0.3 is 6.61 Å². The van der Waals surface area contributed by atoms with Crippen LogP contribution in [0.25, 0.3) is 0 Å². The lowest BCUT2D eigenvalue weighted by atomic mass is 10.1. The minimum Gasteiger partial charge on any atom is -0.482 e. The SMILES string of the molecule is C[C@H](Oc1ccc2c(c1)OCO2)C(=O)c1ccc(OC(F)F)cc1. The molecule has 1 aliphatic heterocycles. The first kappa shape index (κ1) is 16.0. The van der Waals surface area contributed by atoms with Crippen molar-refractivity contribution in [2.45, 2.75) is 19.6 Å². The molecule has 0 radical (unpaired) electrons. The Bertz CT molecular complexity index is 730. The van der Waals surface area contributed by atoms with Gasteiger partial charge in [0.05, 0.1) is 0 Å². The molecule has 0 unspecified atom stereocenters. The van der Waals surface area contributed by atoms with Gasteiger partial charge in [0.15, 0.2) is 17.6 Å². The number of ketones is 1. The summed E-state index contributed by atoms with van der Waals surface area (Å²) in [6.45, 7) is -1.14. The standard InChI is InChI=1S/C17H14F2O5/c1-10(23-13-6-7-14-15(8-13)22-9-21-14)16(20)11-2-4-12(5-3-11)24-17(18)19/h2-8,10,17H,9H2,1H3/t10-/m0/s1. The summed E-state index contributed by atoms with van der Waals surface area (Å²) in [7, 11) is 0. The van der Waals surface area contributed by atoms with Gasteiger partial charge in [0.1, 0.15) is 11.5 Å². The Morgan fingerprint density at radius 3 is 2.38 bits per heavy atom. The number of halogens is 2. The number of rotatable bonds is 6. The minimum absolute atomic E-state index is 0.00843. The molecule has 1 aliphatic rings. The van der Waals surface area contributed by atoms with Crippen LogP contribution in [0.4, 0.5) is 8.78 Å². The number of benzene rings is 2. The molecule has 0 amide bonds. The van der Waals surface area contributed by atoms with Crippen molar-refractivity contribution in [3.63, 3.8) is 0 Å². The van der Waals surface area contributed by atoms with E-state index in [0.717, 1.165) is 0 Å². The minimum atomic E-state index is -2.90. The lowest BCUT2D eigenvalue weighted by Crippen LogP contribution is -2.23. The van der Waals surface area contributed by atoms with Crippen LogP contribution < -0.4 is 18.9 Å². The maximum Gasteiger partial charge on any atom is 0.387 e. The molecule has 0 aromatic heterocycles. The van der Waals surface area contributed by atoms with Gasteiger partial charge in [-0.2, -0.15) is 8.78 Å². The molecule has 2 aromatic carbocycles. The van der Waals surface area contributed by atoms with Crippen molar-refractivity contribution in [1.82, 2.24) is 0 Å². The van der Waals surface area contributed by atoms with Crippen molar-refractivity contribution in [1.29, 1.82) is 0 Å². The molecule has 2 aromatic rings. The third kappa shape index (κ3) is 3.56. The smallest absolute Gasteiger partial charge is 0.387 e. The maximum atomic E-state index is 12.3. The van der Waals surface area contributed by atoms with Crippen LogP contribution in [-0.4, -0.2) is 25.3 Å². The fourth-order valence-corrected chi connectivity index (χ4v) is 2.24. The lowest BCUT2D eigenvalue weighted by Gasteiger charge is -2.14. The summed E-state index contributed by atoms with van der Waals surface area (Å²) in [6.07, 6.45) is -0.757. The Morgan fingerprint density at radius 2 is 1.67 bits per heavy atom. The molecular weight excluding hydrogens is 322 g/mol. The summed E-state index contributed by atoms with van der Waals surface area (Å²) < 4.78 is 44.5. The average molecular weight is 336 g/mol. The van der Waals surface area contributed by atoms with Crippen LogP contribution in [0.15, 0.2) is 42.5 Å². The summed E-state index contributed by atoms with van der Waals surface area (Å²) in [5, 5.41) is 0. The zero-order chi connectivity index (χ0) is 17.1. The fourth-order valence-electron chi connectivity index (χ4n) is 2.24. The van der Waals surface area contributed by atoms with Crippen molar-refractivity contribution in [3.8, 4) is 23.0 Å². The highest BCUT2D eigenvalue weighted by molar-refractivity contribution is 5.99. The second kappa shape index (κ2) is 6.74. The van der Waals surface area contributed by atoms with E-state index in [0.29, 0.717) is 22.8 Å². The van der Waals surface area contributed by atoms with E-state index in [9.17, 15) is 13.6 Å². The molecule has 126 valence electrons. The van der Waals surface area contributed by atoms with Gasteiger partial charge in [0, 0.05) is 11.6 Å². The Hall–Kier alpha value is -2.83. The predicted molar refractivity (Wildman–Crippen MR) is 80.1 cm³/mol. The Balaban J connectivity index is 1.66. The number of hydrogen-bond acceptors (Lipinski definition) is 5. The number of alkyl halides is 2. The first-order valence-electron chi connectivity index (χ1n) is 7.18. The van der Waals surface area contributed by atoms with E-state index in [2.05, 4.69) is 4.74 Å². The van der Waals surface area contributed by atoms with E-state index in [1.807, 2.05) is 0 Å². The fraction of sp³-hybridized carbons (Fsp3) is 0.235. The second-order valence-corrected chi connectivity index (χ2v) is 5.04. The van der Waals surface area contributed by atoms with Crippen LogP contribution in [0.1, 0.15) is 17.3 Å². The van der Waals surface area contributed by atoms with E-state index in [1.54, 1.807) is 25.1 Å². The van der Waals surface area contributed by atoms with Gasteiger partial charge in [-0.1, -0.05) is 0 Å². The van der Waals surface area contributed by atoms with Crippen LogP contribution in [-0.2, 0) is 0 Å². The number of carbonyl (C=O) groups is 1. The van der Waals surface area contributed by atoms with Crippen LogP contribution >= 0.6 is 0 Å². The van der Waals surface area contributed by atoms with Gasteiger partial charge in [0.25, 0.3) is 0 Å². The molecule has 0 saturated carbocycles. The van der Waals surface area contributed by atoms with Crippen LogP contribution in [0.5, 0.6) is 23.0 Å². The number of hydrogen-bond donors (Lipinski definition) is 0. The quantitative estimate of drug-likeness (QED) is 0.754. The van der Waals surface area contributed by atoms with Gasteiger partial charge in [-0.15, -0.1) is 0 Å². The predicted octanol–water partition coefficient (Wildman–Crippen LogP) is 3.67. The molecule has 1 heterocycles. The van der Waals surface area contributed by atoms with Gasteiger partial charge < -0.3 is 18.9 Å². The molecule has 0 N–H and O–H groups in total. The highest BCUT2D eigenvalue weighted by Gasteiger charge is 2.19. The number of fused-ring (bicyclic) bond motifs is 1. The number of carbonyl (C=O) groups excluding carboxylic acids is 1.